The van der Waals surface area contributed by atoms with Gasteiger partial charge in [0.1, 0.15) is 17.1 Å². The number of piperidine rings is 3. The lowest BCUT2D eigenvalue weighted by Crippen LogP contribution is -2.60. The zero-order valence-corrected chi connectivity index (χ0v) is 21.0. The summed E-state index contributed by atoms with van der Waals surface area (Å²) >= 11 is 0. The van der Waals surface area contributed by atoms with Crippen LogP contribution in [0.5, 0.6) is 11.5 Å². The number of hydrogen-bond donors (Lipinski definition) is 0. The molecule has 1 aliphatic carbocycles. The van der Waals surface area contributed by atoms with E-state index in [0.717, 1.165) is 25.8 Å². The highest BCUT2D eigenvalue weighted by molar-refractivity contribution is 6.00. The molecule has 2 aromatic rings. The molecule has 3 fully saturated rings. The van der Waals surface area contributed by atoms with Gasteiger partial charge in [0.15, 0.2) is 0 Å². The average molecular weight is 478 g/mol. The Kier molecular flexibility index (Phi) is 5.63. The van der Waals surface area contributed by atoms with Crippen molar-refractivity contribution in [3.8, 4) is 11.5 Å². The number of fused-ring (bicyclic) bond motifs is 7. The number of carbonyl (C=O) groups is 1. The van der Waals surface area contributed by atoms with Crippen LogP contribution in [0.25, 0.3) is 10.9 Å². The zero-order chi connectivity index (χ0) is 24.3. The van der Waals surface area contributed by atoms with Crippen molar-refractivity contribution in [1.29, 1.82) is 0 Å². The minimum Gasteiger partial charge on any atom is -0.496 e. The van der Waals surface area contributed by atoms with Gasteiger partial charge < -0.3 is 18.9 Å². The van der Waals surface area contributed by atoms with Gasteiger partial charge in [0.25, 0.3) is 5.91 Å². The lowest BCUT2D eigenvalue weighted by molar-refractivity contribution is 0.00142. The number of carbonyl (C=O) groups excluding carboxylic acids is 1. The smallest absolute Gasteiger partial charge is 0.259 e. The maximum atomic E-state index is 14.1. The second-order valence-electron chi connectivity index (χ2n) is 10.7. The summed E-state index contributed by atoms with van der Waals surface area (Å²) in [6.45, 7) is 2.93. The van der Waals surface area contributed by atoms with Gasteiger partial charge in [0, 0.05) is 32.4 Å². The minimum atomic E-state index is -0.289. The summed E-state index contributed by atoms with van der Waals surface area (Å²) in [6, 6.07) is 4.30. The highest BCUT2D eigenvalue weighted by Gasteiger charge is 2.47. The largest absolute Gasteiger partial charge is 0.496 e. The third kappa shape index (κ3) is 3.50. The van der Waals surface area contributed by atoms with Crippen molar-refractivity contribution in [2.45, 2.75) is 50.6 Å². The normalized spacial score (nSPS) is 28.2. The van der Waals surface area contributed by atoms with Crippen molar-refractivity contribution in [2.75, 3.05) is 33.9 Å². The van der Waals surface area contributed by atoms with Gasteiger partial charge in [-0.2, -0.15) is 0 Å². The molecule has 0 N–H and O–H groups in total. The van der Waals surface area contributed by atoms with E-state index in [4.69, 9.17) is 9.47 Å². The summed E-state index contributed by atoms with van der Waals surface area (Å²) in [4.78, 5) is 32.5. The Bertz CT molecular complexity index is 1270. The van der Waals surface area contributed by atoms with Gasteiger partial charge in [0.05, 0.1) is 31.2 Å². The molecule has 1 amide bonds. The van der Waals surface area contributed by atoms with Gasteiger partial charge in [0.2, 0.25) is 5.43 Å². The molecule has 4 aliphatic rings. The van der Waals surface area contributed by atoms with Crippen LogP contribution in [0, 0.1) is 11.8 Å². The summed E-state index contributed by atoms with van der Waals surface area (Å²) in [5, 5.41) is 0.394. The number of aryl methyl sites for hydroxylation is 1. The summed E-state index contributed by atoms with van der Waals surface area (Å²) in [5.74, 6) is 1.93. The number of nitrogens with zero attached hydrogens (tertiary/aromatic N) is 3. The zero-order valence-electron chi connectivity index (χ0n) is 21.0. The van der Waals surface area contributed by atoms with E-state index in [1.165, 1.54) is 31.4 Å². The molecular formula is C28H35N3O4. The van der Waals surface area contributed by atoms with Crippen molar-refractivity contribution in [2.24, 2.45) is 18.9 Å². The maximum absolute atomic E-state index is 14.1. The van der Waals surface area contributed by atoms with Crippen molar-refractivity contribution < 1.29 is 14.3 Å². The number of aromatic nitrogens is 1. The van der Waals surface area contributed by atoms with Gasteiger partial charge in [-0.25, -0.2) is 0 Å². The van der Waals surface area contributed by atoms with E-state index < -0.39 is 0 Å². The molecule has 3 aliphatic heterocycles. The Hall–Kier alpha value is -2.80. The molecular weight excluding hydrogens is 442 g/mol. The summed E-state index contributed by atoms with van der Waals surface area (Å²) in [6.07, 6.45) is 11.3. The number of hydrogen-bond acceptors (Lipinski definition) is 5. The molecule has 6 rings (SSSR count). The van der Waals surface area contributed by atoms with Crippen molar-refractivity contribution in [3.63, 3.8) is 0 Å². The number of rotatable bonds is 3. The molecule has 1 aromatic heterocycles. The van der Waals surface area contributed by atoms with E-state index in [1.54, 1.807) is 32.5 Å². The molecule has 4 atom stereocenters. The van der Waals surface area contributed by atoms with E-state index in [1.807, 2.05) is 16.5 Å². The molecule has 0 unspecified atom stereocenters. The average Bonchev–Trinajstić information content (AvgIpc) is 2.89. The molecule has 186 valence electrons. The first kappa shape index (κ1) is 22.7. The highest BCUT2D eigenvalue weighted by atomic mass is 16.5. The standard InChI is InChI=1S/C28H35N3O4/c1-29-16-20(27(32)24-22(34-2)9-10-23(35-3)26(24)29)28(33)31-12-6-7-17-13-18-14-19(25(17)31)15-30-11-5-4-8-21(18)30/h9-10,13,16,18-19,21,25H,4-8,11-12,14-15H2,1-3H3/t18-,19-,21+,25-/m0/s1. The quantitative estimate of drug-likeness (QED) is 0.633. The van der Waals surface area contributed by atoms with E-state index >= 15 is 0 Å². The Morgan fingerprint density at radius 3 is 2.66 bits per heavy atom. The van der Waals surface area contributed by atoms with Crippen LogP contribution in [-0.4, -0.2) is 66.2 Å². The van der Waals surface area contributed by atoms with Crippen LogP contribution in [-0.2, 0) is 7.05 Å². The molecule has 35 heavy (non-hydrogen) atoms. The molecule has 7 heteroatoms. The SMILES string of the molecule is COc1ccc(OC)c2c1c(=O)c(C(=O)N1CCCC3=C[C@H]4C[C@@H](CN5CCCC[C@H]45)[C@H]31)cn2C. The summed E-state index contributed by atoms with van der Waals surface area (Å²) in [7, 11) is 4.98. The van der Waals surface area contributed by atoms with Gasteiger partial charge >= 0.3 is 0 Å². The lowest BCUT2D eigenvalue weighted by Gasteiger charge is -2.54. The van der Waals surface area contributed by atoms with Crippen LogP contribution in [0.15, 0.2) is 34.8 Å². The first-order valence-electron chi connectivity index (χ1n) is 13.0. The number of pyridine rings is 1. The van der Waals surface area contributed by atoms with Gasteiger partial charge in [-0.3, -0.25) is 14.5 Å². The Balaban J connectivity index is 1.42. The first-order valence-corrected chi connectivity index (χ1v) is 13.0. The van der Waals surface area contributed by atoms with E-state index in [0.29, 0.717) is 46.8 Å². The fraction of sp³-hybridized carbons (Fsp3) is 0.571. The third-order valence-electron chi connectivity index (χ3n) is 8.84. The number of amides is 1. The van der Waals surface area contributed by atoms with Gasteiger partial charge in [-0.15, -0.1) is 0 Å². The lowest BCUT2D eigenvalue weighted by atomic mass is 9.68. The number of likely N-dealkylation sites (tertiary alicyclic amines) is 1. The third-order valence-corrected chi connectivity index (χ3v) is 8.84. The Morgan fingerprint density at radius 2 is 1.86 bits per heavy atom. The van der Waals surface area contributed by atoms with E-state index in [9.17, 15) is 9.59 Å². The van der Waals surface area contributed by atoms with Crippen LogP contribution in [0.4, 0.5) is 0 Å². The second kappa shape index (κ2) is 8.70. The Labute approximate surface area is 206 Å². The molecule has 2 bridgehead atoms. The first-order chi connectivity index (χ1) is 17.0. The second-order valence-corrected chi connectivity index (χ2v) is 10.7. The molecule has 0 spiro atoms. The molecule has 3 saturated heterocycles. The molecule has 0 saturated carbocycles. The van der Waals surface area contributed by atoms with Crippen LogP contribution < -0.4 is 14.9 Å². The fourth-order valence-corrected chi connectivity index (χ4v) is 7.42. The summed E-state index contributed by atoms with van der Waals surface area (Å²) in [5.41, 5.74) is 1.98. The Morgan fingerprint density at radius 1 is 1.06 bits per heavy atom. The monoisotopic (exact) mass is 477 g/mol. The van der Waals surface area contributed by atoms with E-state index in [-0.39, 0.29) is 22.9 Å². The van der Waals surface area contributed by atoms with Crippen molar-refractivity contribution in [3.05, 3.63) is 45.8 Å². The van der Waals surface area contributed by atoms with Gasteiger partial charge in [-0.1, -0.05) is 18.1 Å². The highest BCUT2D eigenvalue weighted by Crippen LogP contribution is 2.45. The molecule has 4 heterocycles. The molecule has 1 aromatic carbocycles. The van der Waals surface area contributed by atoms with Crippen LogP contribution >= 0.6 is 0 Å². The molecule has 7 nitrogen and oxygen atoms in total. The van der Waals surface area contributed by atoms with E-state index in [2.05, 4.69) is 11.0 Å². The topological polar surface area (TPSA) is 64.0 Å². The number of ether oxygens (including phenoxy) is 2. The predicted octanol–water partition coefficient (Wildman–Crippen LogP) is 3.59. The predicted molar refractivity (Wildman–Crippen MR) is 135 cm³/mol. The number of methoxy groups -OCH3 is 2. The van der Waals surface area contributed by atoms with Crippen molar-refractivity contribution in [1.82, 2.24) is 14.4 Å². The van der Waals surface area contributed by atoms with Crippen LogP contribution in [0.1, 0.15) is 48.9 Å². The van der Waals surface area contributed by atoms with Crippen LogP contribution in [0.2, 0.25) is 0 Å². The summed E-state index contributed by atoms with van der Waals surface area (Å²) < 4.78 is 12.9. The maximum Gasteiger partial charge on any atom is 0.259 e. The molecule has 0 radical (unpaired) electrons. The fourth-order valence-electron chi connectivity index (χ4n) is 7.42. The minimum absolute atomic E-state index is 0.1000. The van der Waals surface area contributed by atoms with Crippen LogP contribution in [0.3, 0.4) is 0 Å². The van der Waals surface area contributed by atoms with Gasteiger partial charge in [-0.05, 0) is 62.6 Å². The van der Waals surface area contributed by atoms with Crippen molar-refractivity contribution >= 4 is 16.8 Å². The number of benzene rings is 1.